The lowest BCUT2D eigenvalue weighted by Gasteiger charge is -2.20. The topological polar surface area (TPSA) is 0 Å². The smallest absolute Gasteiger partial charge is 0.0386 e. The van der Waals surface area contributed by atoms with Crippen LogP contribution in [0.25, 0.3) is 0 Å². The van der Waals surface area contributed by atoms with Crippen LogP contribution in [-0.2, 0) is 0 Å². The standard InChI is InChI=1S/C14H28/c1-4-6-8-13-10-11-14(12(13)3)9-7-5-2/h12-14H,4-11H2,1-3H3. The Balaban J connectivity index is 2.24. The maximum atomic E-state index is 2.51. The van der Waals surface area contributed by atoms with Gasteiger partial charge in [0.05, 0.1) is 0 Å². The Morgan fingerprint density at radius 2 is 1.29 bits per heavy atom. The van der Waals surface area contributed by atoms with E-state index < -0.39 is 0 Å². The molecule has 1 fully saturated rings. The van der Waals surface area contributed by atoms with Gasteiger partial charge in [-0.1, -0.05) is 59.3 Å². The second-order valence-corrected chi connectivity index (χ2v) is 5.24. The molecule has 0 N–H and O–H groups in total. The predicted octanol–water partition coefficient (Wildman–Crippen LogP) is 5.03. The molecule has 0 heteroatoms. The van der Waals surface area contributed by atoms with Crippen LogP contribution in [-0.4, -0.2) is 0 Å². The molecule has 0 spiro atoms. The van der Waals surface area contributed by atoms with Crippen LogP contribution < -0.4 is 0 Å². The van der Waals surface area contributed by atoms with Crippen LogP contribution in [0.15, 0.2) is 0 Å². The van der Waals surface area contributed by atoms with Gasteiger partial charge in [0.1, 0.15) is 0 Å². The first-order chi connectivity index (χ1) is 6.79. The van der Waals surface area contributed by atoms with E-state index in [-0.39, 0.29) is 0 Å². The van der Waals surface area contributed by atoms with Crippen LogP contribution in [0.2, 0.25) is 0 Å². The summed E-state index contributed by atoms with van der Waals surface area (Å²) in [6.45, 7) is 7.13. The van der Waals surface area contributed by atoms with Crippen molar-refractivity contribution in [1.29, 1.82) is 0 Å². The molecule has 14 heavy (non-hydrogen) atoms. The molecule has 1 aliphatic rings. The zero-order chi connectivity index (χ0) is 10.4. The molecule has 0 aromatic carbocycles. The Labute approximate surface area is 90.5 Å². The van der Waals surface area contributed by atoms with Crippen LogP contribution in [0.5, 0.6) is 0 Å². The van der Waals surface area contributed by atoms with Gasteiger partial charge in [0.15, 0.2) is 0 Å². The summed E-state index contributed by atoms with van der Waals surface area (Å²) in [5.41, 5.74) is 0. The first kappa shape index (κ1) is 12.1. The molecule has 1 aliphatic carbocycles. The van der Waals surface area contributed by atoms with Crippen molar-refractivity contribution in [3.05, 3.63) is 0 Å². The van der Waals surface area contributed by atoms with Gasteiger partial charge in [-0.05, 0) is 30.6 Å². The van der Waals surface area contributed by atoms with Crippen LogP contribution in [0.1, 0.15) is 72.1 Å². The summed E-state index contributed by atoms with van der Waals surface area (Å²) in [6.07, 6.45) is 11.7. The predicted molar refractivity (Wildman–Crippen MR) is 64.4 cm³/mol. The highest BCUT2D eigenvalue weighted by Gasteiger charge is 2.31. The SMILES string of the molecule is CCCCC1CCC(CCCC)C1C. The maximum absolute atomic E-state index is 2.51. The van der Waals surface area contributed by atoms with E-state index in [9.17, 15) is 0 Å². The molecule has 0 amide bonds. The Hall–Kier alpha value is 0. The minimum atomic E-state index is 1.02. The third-order valence-electron chi connectivity index (χ3n) is 4.25. The lowest BCUT2D eigenvalue weighted by Crippen LogP contribution is -2.11. The zero-order valence-electron chi connectivity index (χ0n) is 10.4. The third kappa shape index (κ3) is 3.29. The highest BCUT2D eigenvalue weighted by atomic mass is 14.4. The summed E-state index contributed by atoms with van der Waals surface area (Å²) < 4.78 is 0. The zero-order valence-corrected chi connectivity index (χ0v) is 10.4. The minimum Gasteiger partial charge on any atom is -0.0654 e. The van der Waals surface area contributed by atoms with E-state index in [0.29, 0.717) is 0 Å². The third-order valence-corrected chi connectivity index (χ3v) is 4.25. The molecule has 0 aromatic rings. The van der Waals surface area contributed by atoms with Crippen LogP contribution in [0, 0.1) is 17.8 Å². The van der Waals surface area contributed by atoms with Crippen molar-refractivity contribution in [2.45, 2.75) is 72.1 Å². The fraction of sp³-hybridized carbons (Fsp3) is 1.00. The van der Waals surface area contributed by atoms with E-state index in [1.165, 1.54) is 51.4 Å². The molecule has 2 atom stereocenters. The van der Waals surface area contributed by atoms with Gasteiger partial charge >= 0.3 is 0 Å². The molecule has 0 heterocycles. The monoisotopic (exact) mass is 196 g/mol. The normalized spacial score (nSPS) is 32.4. The molecule has 0 aromatic heterocycles. The first-order valence-electron chi connectivity index (χ1n) is 6.79. The molecule has 84 valence electrons. The molecule has 1 saturated carbocycles. The largest absolute Gasteiger partial charge is 0.0654 e. The Morgan fingerprint density at radius 1 is 0.857 bits per heavy atom. The molecular formula is C14H28. The highest BCUT2D eigenvalue weighted by Crippen LogP contribution is 2.41. The average Bonchev–Trinajstić information content (AvgIpc) is 2.54. The number of hydrogen-bond acceptors (Lipinski definition) is 0. The number of hydrogen-bond donors (Lipinski definition) is 0. The van der Waals surface area contributed by atoms with Gasteiger partial charge in [-0.2, -0.15) is 0 Å². The van der Waals surface area contributed by atoms with Crippen LogP contribution in [0.3, 0.4) is 0 Å². The van der Waals surface area contributed by atoms with Crippen molar-refractivity contribution >= 4 is 0 Å². The van der Waals surface area contributed by atoms with E-state index in [4.69, 9.17) is 0 Å². The van der Waals surface area contributed by atoms with Crippen molar-refractivity contribution in [2.24, 2.45) is 17.8 Å². The molecule has 1 rings (SSSR count). The van der Waals surface area contributed by atoms with Crippen molar-refractivity contribution in [3.63, 3.8) is 0 Å². The number of unbranched alkanes of at least 4 members (excludes halogenated alkanes) is 2. The summed E-state index contributed by atoms with van der Waals surface area (Å²) in [4.78, 5) is 0. The van der Waals surface area contributed by atoms with Gasteiger partial charge in [0.25, 0.3) is 0 Å². The summed E-state index contributed by atoms with van der Waals surface area (Å²) in [5, 5.41) is 0. The second kappa shape index (κ2) is 6.48. The van der Waals surface area contributed by atoms with Crippen molar-refractivity contribution < 1.29 is 0 Å². The van der Waals surface area contributed by atoms with Crippen molar-refractivity contribution in [1.82, 2.24) is 0 Å². The number of rotatable bonds is 6. The lowest BCUT2D eigenvalue weighted by molar-refractivity contribution is 0.301. The van der Waals surface area contributed by atoms with Gasteiger partial charge < -0.3 is 0 Å². The molecule has 0 bridgehead atoms. The van der Waals surface area contributed by atoms with E-state index in [2.05, 4.69) is 20.8 Å². The van der Waals surface area contributed by atoms with Crippen LogP contribution in [0.4, 0.5) is 0 Å². The van der Waals surface area contributed by atoms with E-state index >= 15 is 0 Å². The summed E-state index contributed by atoms with van der Waals surface area (Å²) in [5.74, 6) is 3.15. The van der Waals surface area contributed by atoms with E-state index in [1.807, 2.05) is 0 Å². The quantitative estimate of drug-likeness (QED) is 0.559. The fourth-order valence-corrected chi connectivity index (χ4v) is 3.09. The average molecular weight is 196 g/mol. The maximum Gasteiger partial charge on any atom is -0.0386 e. The highest BCUT2D eigenvalue weighted by molar-refractivity contribution is 4.81. The molecule has 0 nitrogen and oxygen atoms in total. The van der Waals surface area contributed by atoms with Gasteiger partial charge in [-0.3, -0.25) is 0 Å². The van der Waals surface area contributed by atoms with Crippen LogP contribution >= 0.6 is 0 Å². The minimum absolute atomic E-state index is 1.02. The molecule has 0 radical (unpaired) electrons. The van der Waals surface area contributed by atoms with Gasteiger partial charge in [0.2, 0.25) is 0 Å². The van der Waals surface area contributed by atoms with Gasteiger partial charge in [-0.15, -0.1) is 0 Å². The molecular weight excluding hydrogens is 168 g/mol. The van der Waals surface area contributed by atoms with E-state index in [1.54, 1.807) is 0 Å². The summed E-state index contributed by atoms with van der Waals surface area (Å²) in [7, 11) is 0. The lowest BCUT2D eigenvalue weighted by atomic mass is 9.86. The summed E-state index contributed by atoms with van der Waals surface area (Å²) in [6, 6.07) is 0. The van der Waals surface area contributed by atoms with E-state index in [0.717, 1.165) is 17.8 Å². The second-order valence-electron chi connectivity index (χ2n) is 5.24. The first-order valence-corrected chi connectivity index (χ1v) is 6.79. The Kier molecular flexibility index (Phi) is 5.59. The van der Waals surface area contributed by atoms with Crippen molar-refractivity contribution in [3.8, 4) is 0 Å². The molecule has 2 unspecified atom stereocenters. The Morgan fingerprint density at radius 3 is 1.64 bits per heavy atom. The van der Waals surface area contributed by atoms with Gasteiger partial charge in [0, 0.05) is 0 Å². The molecule has 0 aliphatic heterocycles. The summed E-state index contributed by atoms with van der Waals surface area (Å²) >= 11 is 0. The Bertz CT molecular complexity index is 123. The van der Waals surface area contributed by atoms with Crippen molar-refractivity contribution in [2.75, 3.05) is 0 Å². The van der Waals surface area contributed by atoms with Gasteiger partial charge in [-0.25, -0.2) is 0 Å². The molecule has 0 saturated heterocycles. The fourth-order valence-electron chi connectivity index (χ4n) is 3.09.